The molecular formula is C22H16ClFN2O3S. The van der Waals surface area contributed by atoms with Gasteiger partial charge in [0.05, 0.1) is 5.02 Å². The number of hydrogen-bond donors (Lipinski definition) is 2. The molecule has 3 aromatic carbocycles. The summed E-state index contributed by atoms with van der Waals surface area (Å²) in [4.78, 5) is 24.9. The van der Waals surface area contributed by atoms with E-state index in [1.165, 1.54) is 18.2 Å². The number of carbonyl (C=O) groups is 2. The highest BCUT2D eigenvalue weighted by molar-refractivity contribution is 7.21. The second-order valence-corrected chi connectivity index (χ2v) is 8.03. The second-order valence-electron chi connectivity index (χ2n) is 6.60. The van der Waals surface area contributed by atoms with Gasteiger partial charge in [-0.25, -0.2) is 4.39 Å². The summed E-state index contributed by atoms with van der Waals surface area (Å²) < 4.78 is 19.6. The van der Waals surface area contributed by atoms with Crippen molar-refractivity contribution >= 4 is 55.6 Å². The van der Waals surface area contributed by atoms with Crippen molar-refractivity contribution in [2.45, 2.75) is 13.0 Å². The predicted octanol–water partition coefficient (Wildman–Crippen LogP) is 5.08. The zero-order valence-electron chi connectivity index (χ0n) is 15.7. The highest BCUT2D eigenvalue weighted by atomic mass is 35.5. The van der Waals surface area contributed by atoms with Crippen LogP contribution in [0.4, 0.5) is 4.39 Å². The average Bonchev–Trinajstić information content (AvgIpc) is 3.07. The molecule has 5 nitrogen and oxygen atoms in total. The Hall–Kier alpha value is -3.16. The van der Waals surface area contributed by atoms with Gasteiger partial charge in [-0.1, -0.05) is 41.9 Å². The summed E-state index contributed by atoms with van der Waals surface area (Å²) in [5.74, 6) is -0.995. The van der Waals surface area contributed by atoms with E-state index < -0.39 is 23.7 Å². The summed E-state index contributed by atoms with van der Waals surface area (Å²) in [7, 11) is 0. The number of rotatable bonds is 4. The minimum atomic E-state index is -0.849. The standard InChI is InChI=1S/C22H16ClFN2O3S/c1-12(29-16-8-6-13-4-2-3-5-14(13)10-16)21(27)25-26-22(28)20-19(23)17-9-7-15(24)11-18(17)30-20/h2-12H,1H3,(H,25,27)(H,26,28). The third-order valence-corrected chi connectivity index (χ3v) is 6.16. The molecule has 0 radical (unpaired) electrons. The summed E-state index contributed by atoms with van der Waals surface area (Å²) in [6.07, 6.45) is -0.849. The van der Waals surface area contributed by atoms with E-state index in [9.17, 15) is 14.0 Å². The van der Waals surface area contributed by atoms with E-state index in [1.54, 1.807) is 13.0 Å². The third-order valence-electron chi connectivity index (χ3n) is 4.50. The van der Waals surface area contributed by atoms with Crippen LogP contribution >= 0.6 is 22.9 Å². The van der Waals surface area contributed by atoms with E-state index in [1.807, 2.05) is 36.4 Å². The van der Waals surface area contributed by atoms with Crippen molar-refractivity contribution in [3.05, 3.63) is 76.4 Å². The molecule has 0 bridgehead atoms. The van der Waals surface area contributed by atoms with Gasteiger partial charge in [0, 0.05) is 10.1 Å². The highest BCUT2D eigenvalue weighted by Crippen LogP contribution is 2.35. The van der Waals surface area contributed by atoms with Gasteiger partial charge in [0.2, 0.25) is 0 Å². The van der Waals surface area contributed by atoms with Crippen LogP contribution in [0, 0.1) is 5.82 Å². The number of amides is 2. The number of ether oxygens (including phenoxy) is 1. The van der Waals surface area contributed by atoms with Crippen molar-refractivity contribution in [1.82, 2.24) is 10.9 Å². The lowest BCUT2D eigenvalue weighted by Crippen LogP contribution is -2.47. The van der Waals surface area contributed by atoms with Crippen molar-refractivity contribution in [3.8, 4) is 5.75 Å². The van der Waals surface area contributed by atoms with Crippen LogP contribution in [0.5, 0.6) is 5.75 Å². The molecule has 1 atom stereocenters. The normalized spacial score (nSPS) is 12.0. The Morgan fingerprint density at radius 3 is 2.60 bits per heavy atom. The molecule has 0 fully saturated rings. The molecule has 0 saturated carbocycles. The first kappa shape index (κ1) is 20.1. The molecule has 152 valence electrons. The summed E-state index contributed by atoms with van der Waals surface area (Å²) in [6, 6.07) is 17.4. The van der Waals surface area contributed by atoms with Crippen molar-refractivity contribution in [2.24, 2.45) is 0 Å². The van der Waals surface area contributed by atoms with Crippen LogP contribution in [0.15, 0.2) is 60.7 Å². The SMILES string of the molecule is CC(Oc1ccc2ccccc2c1)C(=O)NNC(=O)c1sc2cc(F)ccc2c1Cl. The van der Waals surface area contributed by atoms with E-state index >= 15 is 0 Å². The molecule has 0 spiro atoms. The maximum absolute atomic E-state index is 13.4. The van der Waals surface area contributed by atoms with Crippen molar-refractivity contribution in [1.29, 1.82) is 0 Å². The van der Waals surface area contributed by atoms with Gasteiger partial charge in [0.25, 0.3) is 11.8 Å². The minimum absolute atomic E-state index is 0.181. The van der Waals surface area contributed by atoms with E-state index in [0.29, 0.717) is 15.8 Å². The number of fused-ring (bicyclic) bond motifs is 2. The van der Waals surface area contributed by atoms with Gasteiger partial charge in [-0.05, 0) is 48.0 Å². The number of hydrogen-bond acceptors (Lipinski definition) is 4. The van der Waals surface area contributed by atoms with E-state index in [4.69, 9.17) is 16.3 Å². The fraction of sp³-hybridized carbons (Fsp3) is 0.0909. The molecule has 0 aliphatic heterocycles. The van der Waals surface area contributed by atoms with Crippen molar-refractivity contribution in [3.63, 3.8) is 0 Å². The third kappa shape index (κ3) is 4.08. The Balaban J connectivity index is 1.39. The first-order valence-electron chi connectivity index (χ1n) is 9.05. The lowest BCUT2D eigenvalue weighted by molar-refractivity contribution is -0.128. The second kappa shape index (κ2) is 8.30. The maximum Gasteiger partial charge on any atom is 0.281 e. The average molecular weight is 443 g/mol. The van der Waals surface area contributed by atoms with Crippen LogP contribution in [0.2, 0.25) is 5.02 Å². The molecule has 2 amide bonds. The number of hydrazine groups is 1. The number of benzene rings is 3. The van der Waals surface area contributed by atoms with Crippen LogP contribution in [0.1, 0.15) is 16.6 Å². The Kier molecular flexibility index (Phi) is 5.57. The van der Waals surface area contributed by atoms with Gasteiger partial charge < -0.3 is 4.74 Å². The largest absolute Gasteiger partial charge is 0.481 e. The van der Waals surface area contributed by atoms with Gasteiger partial charge >= 0.3 is 0 Å². The molecule has 0 aliphatic rings. The molecule has 0 saturated heterocycles. The fourth-order valence-corrected chi connectivity index (χ4v) is 4.40. The number of halogens is 2. The summed E-state index contributed by atoms with van der Waals surface area (Å²) >= 11 is 7.27. The molecule has 1 unspecified atom stereocenters. The van der Waals surface area contributed by atoms with Crippen LogP contribution < -0.4 is 15.6 Å². The van der Waals surface area contributed by atoms with Gasteiger partial charge in [-0.3, -0.25) is 20.4 Å². The predicted molar refractivity (Wildman–Crippen MR) is 116 cm³/mol. The van der Waals surface area contributed by atoms with Crippen LogP contribution in [-0.4, -0.2) is 17.9 Å². The van der Waals surface area contributed by atoms with Gasteiger partial charge in [0.15, 0.2) is 6.10 Å². The maximum atomic E-state index is 13.4. The Morgan fingerprint density at radius 2 is 1.80 bits per heavy atom. The highest BCUT2D eigenvalue weighted by Gasteiger charge is 2.20. The van der Waals surface area contributed by atoms with Gasteiger partial charge in [0.1, 0.15) is 16.4 Å². The van der Waals surface area contributed by atoms with E-state index in [2.05, 4.69) is 10.9 Å². The lowest BCUT2D eigenvalue weighted by atomic mass is 10.1. The topological polar surface area (TPSA) is 67.4 Å². The quantitative estimate of drug-likeness (QED) is 0.433. The molecule has 2 N–H and O–H groups in total. The number of thiophene rings is 1. The van der Waals surface area contributed by atoms with Crippen LogP contribution in [0.25, 0.3) is 20.9 Å². The van der Waals surface area contributed by atoms with E-state index in [-0.39, 0.29) is 9.90 Å². The van der Waals surface area contributed by atoms with Crippen LogP contribution in [0.3, 0.4) is 0 Å². The van der Waals surface area contributed by atoms with E-state index in [0.717, 1.165) is 22.1 Å². The summed E-state index contributed by atoms with van der Waals surface area (Å²) in [5, 5.41) is 2.84. The van der Waals surface area contributed by atoms with Crippen molar-refractivity contribution in [2.75, 3.05) is 0 Å². The monoisotopic (exact) mass is 442 g/mol. The molecular weight excluding hydrogens is 427 g/mol. The molecule has 8 heteroatoms. The molecule has 4 aromatic rings. The summed E-state index contributed by atoms with van der Waals surface area (Å²) in [5.41, 5.74) is 4.66. The van der Waals surface area contributed by atoms with Gasteiger partial charge in [-0.15, -0.1) is 11.3 Å². The van der Waals surface area contributed by atoms with Crippen LogP contribution in [-0.2, 0) is 4.79 Å². The molecule has 0 aliphatic carbocycles. The first-order chi connectivity index (χ1) is 14.4. The lowest BCUT2D eigenvalue weighted by Gasteiger charge is -2.15. The Bertz CT molecular complexity index is 1270. The molecule has 4 rings (SSSR count). The van der Waals surface area contributed by atoms with Crippen molar-refractivity contribution < 1.29 is 18.7 Å². The first-order valence-corrected chi connectivity index (χ1v) is 10.2. The Morgan fingerprint density at radius 1 is 1.03 bits per heavy atom. The number of carbonyl (C=O) groups excluding carboxylic acids is 2. The Labute approximate surface area is 180 Å². The minimum Gasteiger partial charge on any atom is -0.481 e. The molecule has 1 heterocycles. The number of nitrogens with one attached hydrogen (secondary N) is 2. The van der Waals surface area contributed by atoms with Gasteiger partial charge in [-0.2, -0.15) is 0 Å². The molecule has 30 heavy (non-hydrogen) atoms. The zero-order valence-corrected chi connectivity index (χ0v) is 17.3. The fourth-order valence-electron chi connectivity index (χ4n) is 2.96. The molecule has 1 aromatic heterocycles. The summed E-state index contributed by atoms with van der Waals surface area (Å²) in [6.45, 7) is 1.58. The smallest absolute Gasteiger partial charge is 0.281 e. The zero-order chi connectivity index (χ0) is 21.3.